The minimum Gasteiger partial charge on any atom is -0.316 e. The van der Waals surface area contributed by atoms with Gasteiger partial charge in [0.15, 0.2) is 0 Å². The van der Waals surface area contributed by atoms with E-state index in [1.807, 2.05) is 6.92 Å². The molecule has 114 valence electrons. The Hall–Kier alpha value is -0.170. The van der Waals surface area contributed by atoms with Crippen LogP contribution in [0.25, 0.3) is 0 Å². The van der Waals surface area contributed by atoms with E-state index in [0.29, 0.717) is 13.1 Å². The Kier molecular flexibility index (Phi) is 6.23. The van der Waals surface area contributed by atoms with Crippen LogP contribution in [-0.4, -0.2) is 58.3 Å². The van der Waals surface area contributed by atoms with Gasteiger partial charge in [-0.2, -0.15) is 0 Å². The van der Waals surface area contributed by atoms with E-state index in [-0.39, 0.29) is 10.7 Å². The number of sulfonamides is 1. The Balaban J connectivity index is 2.46. The van der Waals surface area contributed by atoms with Crippen molar-refractivity contribution >= 4 is 10.0 Å². The maximum atomic E-state index is 12.1. The SMILES string of the molecule is CCNCC(C)S(=O)(=O)NCC1(C)CCN(C)CC1. The number of rotatable bonds is 7. The van der Waals surface area contributed by atoms with Gasteiger partial charge in [-0.25, -0.2) is 13.1 Å². The topological polar surface area (TPSA) is 61.4 Å². The summed E-state index contributed by atoms with van der Waals surface area (Å²) >= 11 is 0. The van der Waals surface area contributed by atoms with E-state index >= 15 is 0 Å². The Bertz CT molecular complexity index is 362. The maximum Gasteiger partial charge on any atom is 0.215 e. The van der Waals surface area contributed by atoms with Crippen LogP contribution in [0.1, 0.15) is 33.6 Å². The largest absolute Gasteiger partial charge is 0.316 e. The third kappa shape index (κ3) is 5.38. The molecular formula is C13H29N3O2S. The quantitative estimate of drug-likeness (QED) is 0.722. The highest BCUT2D eigenvalue weighted by Crippen LogP contribution is 2.29. The molecule has 6 heteroatoms. The number of piperidine rings is 1. The summed E-state index contributed by atoms with van der Waals surface area (Å²) in [6.07, 6.45) is 2.10. The van der Waals surface area contributed by atoms with E-state index in [4.69, 9.17) is 0 Å². The number of nitrogens with zero attached hydrogens (tertiary/aromatic N) is 1. The van der Waals surface area contributed by atoms with E-state index in [1.165, 1.54) is 0 Å². The highest BCUT2D eigenvalue weighted by atomic mass is 32.2. The molecule has 0 aromatic rings. The van der Waals surface area contributed by atoms with Crippen molar-refractivity contribution in [3.05, 3.63) is 0 Å². The van der Waals surface area contributed by atoms with Crippen LogP contribution in [-0.2, 0) is 10.0 Å². The molecule has 1 rings (SSSR count). The van der Waals surface area contributed by atoms with Crippen LogP contribution >= 0.6 is 0 Å². The fourth-order valence-electron chi connectivity index (χ4n) is 2.21. The zero-order valence-electron chi connectivity index (χ0n) is 12.7. The Morgan fingerprint density at radius 2 is 1.89 bits per heavy atom. The molecule has 19 heavy (non-hydrogen) atoms. The second-order valence-corrected chi connectivity index (χ2v) is 8.28. The standard InChI is InChI=1S/C13H29N3O2S/c1-5-14-10-12(2)19(17,18)15-11-13(3)6-8-16(4)9-7-13/h12,14-15H,5-11H2,1-4H3. The third-order valence-electron chi connectivity index (χ3n) is 4.11. The van der Waals surface area contributed by atoms with Crippen molar-refractivity contribution < 1.29 is 8.42 Å². The van der Waals surface area contributed by atoms with Crippen LogP contribution in [0, 0.1) is 5.41 Å². The minimum absolute atomic E-state index is 0.0947. The Morgan fingerprint density at radius 3 is 2.42 bits per heavy atom. The van der Waals surface area contributed by atoms with Gasteiger partial charge >= 0.3 is 0 Å². The van der Waals surface area contributed by atoms with E-state index in [9.17, 15) is 8.42 Å². The lowest BCUT2D eigenvalue weighted by molar-refractivity contribution is 0.143. The van der Waals surface area contributed by atoms with Crippen molar-refractivity contribution in [3.63, 3.8) is 0 Å². The number of hydrogen-bond acceptors (Lipinski definition) is 4. The molecule has 0 aliphatic carbocycles. The lowest BCUT2D eigenvalue weighted by atomic mass is 9.81. The lowest BCUT2D eigenvalue weighted by Gasteiger charge is -2.38. The van der Waals surface area contributed by atoms with E-state index < -0.39 is 10.0 Å². The molecule has 0 aromatic heterocycles. The third-order valence-corrected chi connectivity index (χ3v) is 5.88. The van der Waals surface area contributed by atoms with Crippen LogP contribution < -0.4 is 10.0 Å². The first-order valence-electron chi connectivity index (χ1n) is 7.17. The number of likely N-dealkylation sites (tertiary alicyclic amines) is 1. The van der Waals surface area contributed by atoms with Crippen LogP contribution in [0.5, 0.6) is 0 Å². The summed E-state index contributed by atoms with van der Waals surface area (Å²) in [5, 5.41) is 2.69. The fraction of sp³-hybridized carbons (Fsp3) is 1.00. The summed E-state index contributed by atoms with van der Waals surface area (Å²) in [6.45, 7) is 9.86. The minimum atomic E-state index is -3.21. The molecule has 1 aliphatic rings. The zero-order valence-corrected chi connectivity index (χ0v) is 13.5. The fourth-order valence-corrected chi connectivity index (χ4v) is 3.38. The molecule has 0 aromatic carbocycles. The van der Waals surface area contributed by atoms with Gasteiger partial charge in [0.1, 0.15) is 0 Å². The maximum absolute atomic E-state index is 12.1. The molecule has 0 amide bonds. The van der Waals surface area contributed by atoms with E-state index in [2.05, 4.69) is 28.9 Å². The summed E-state index contributed by atoms with van der Waals surface area (Å²) in [6, 6.07) is 0. The van der Waals surface area contributed by atoms with Crippen LogP contribution in [0.15, 0.2) is 0 Å². The first kappa shape index (κ1) is 16.9. The van der Waals surface area contributed by atoms with Crippen molar-refractivity contribution in [2.75, 3.05) is 39.8 Å². The van der Waals surface area contributed by atoms with Gasteiger partial charge in [0, 0.05) is 13.1 Å². The molecule has 1 atom stereocenters. The number of hydrogen-bond donors (Lipinski definition) is 2. The van der Waals surface area contributed by atoms with Gasteiger partial charge in [0.2, 0.25) is 10.0 Å². The predicted octanol–water partition coefficient (Wildman–Crippen LogP) is 0.636. The number of nitrogens with one attached hydrogen (secondary N) is 2. The smallest absolute Gasteiger partial charge is 0.215 e. The second-order valence-electron chi connectivity index (χ2n) is 6.10. The molecule has 5 nitrogen and oxygen atoms in total. The molecule has 1 aliphatic heterocycles. The zero-order chi connectivity index (χ0) is 14.5. The average molecular weight is 291 g/mol. The van der Waals surface area contributed by atoms with E-state index in [0.717, 1.165) is 32.5 Å². The molecule has 2 N–H and O–H groups in total. The van der Waals surface area contributed by atoms with Gasteiger partial charge in [-0.15, -0.1) is 0 Å². The summed E-state index contributed by atoms with van der Waals surface area (Å²) < 4.78 is 27.1. The monoisotopic (exact) mass is 291 g/mol. The van der Waals surface area contributed by atoms with Crippen molar-refractivity contribution in [2.45, 2.75) is 38.9 Å². The van der Waals surface area contributed by atoms with Gasteiger partial charge in [-0.1, -0.05) is 13.8 Å². The first-order chi connectivity index (χ1) is 8.79. The van der Waals surface area contributed by atoms with Gasteiger partial charge in [-0.3, -0.25) is 0 Å². The van der Waals surface area contributed by atoms with Crippen molar-refractivity contribution in [3.8, 4) is 0 Å². The molecular weight excluding hydrogens is 262 g/mol. The van der Waals surface area contributed by atoms with E-state index in [1.54, 1.807) is 6.92 Å². The van der Waals surface area contributed by atoms with Gasteiger partial charge in [0.05, 0.1) is 5.25 Å². The van der Waals surface area contributed by atoms with Crippen molar-refractivity contribution in [2.24, 2.45) is 5.41 Å². The molecule has 0 spiro atoms. The normalized spacial score (nSPS) is 22.3. The predicted molar refractivity (Wildman–Crippen MR) is 79.8 cm³/mol. The van der Waals surface area contributed by atoms with Crippen LogP contribution in [0.4, 0.5) is 0 Å². The van der Waals surface area contributed by atoms with Crippen molar-refractivity contribution in [1.82, 2.24) is 14.9 Å². The van der Waals surface area contributed by atoms with Gasteiger partial charge < -0.3 is 10.2 Å². The summed E-state index contributed by atoms with van der Waals surface area (Å²) in [4.78, 5) is 2.30. The molecule has 0 saturated carbocycles. The lowest BCUT2D eigenvalue weighted by Crippen LogP contribution is -2.46. The molecule has 0 bridgehead atoms. The summed E-state index contributed by atoms with van der Waals surface area (Å²) in [5.74, 6) is 0. The van der Waals surface area contributed by atoms with Crippen molar-refractivity contribution in [1.29, 1.82) is 0 Å². The van der Waals surface area contributed by atoms with Crippen LogP contribution in [0.2, 0.25) is 0 Å². The molecule has 0 radical (unpaired) electrons. The summed E-state index contributed by atoms with van der Waals surface area (Å²) in [7, 11) is -1.10. The highest BCUT2D eigenvalue weighted by molar-refractivity contribution is 7.90. The Labute approximate surface area is 118 Å². The van der Waals surface area contributed by atoms with Gasteiger partial charge in [-0.05, 0) is 51.9 Å². The molecule has 1 unspecified atom stereocenters. The summed E-state index contributed by atoms with van der Waals surface area (Å²) in [5.41, 5.74) is 0.0947. The van der Waals surface area contributed by atoms with Gasteiger partial charge in [0.25, 0.3) is 0 Å². The average Bonchev–Trinajstić information content (AvgIpc) is 2.38. The molecule has 1 fully saturated rings. The second kappa shape index (κ2) is 7.02. The molecule has 1 saturated heterocycles. The first-order valence-corrected chi connectivity index (χ1v) is 8.71. The van der Waals surface area contributed by atoms with Crippen LogP contribution in [0.3, 0.4) is 0 Å². The highest BCUT2D eigenvalue weighted by Gasteiger charge is 2.31. The molecule has 1 heterocycles. The Morgan fingerprint density at radius 1 is 1.32 bits per heavy atom.